The van der Waals surface area contributed by atoms with Gasteiger partial charge in [0.25, 0.3) is 5.91 Å². The molecule has 3 rings (SSSR count). The van der Waals surface area contributed by atoms with Crippen LogP contribution >= 0.6 is 23.2 Å². The predicted octanol–water partition coefficient (Wildman–Crippen LogP) is 3.59. The first-order chi connectivity index (χ1) is 11.0. The fourth-order valence-electron chi connectivity index (χ4n) is 2.08. The van der Waals surface area contributed by atoms with E-state index in [9.17, 15) is 9.59 Å². The lowest BCUT2D eigenvalue weighted by molar-refractivity contribution is -0.118. The Labute approximate surface area is 142 Å². The van der Waals surface area contributed by atoms with Crippen molar-refractivity contribution in [2.24, 2.45) is 0 Å². The van der Waals surface area contributed by atoms with E-state index in [-0.39, 0.29) is 24.9 Å². The van der Waals surface area contributed by atoms with E-state index in [0.717, 1.165) is 0 Å². The number of fused-ring (bicyclic) bond motifs is 1. The van der Waals surface area contributed by atoms with Gasteiger partial charge in [0.15, 0.2) is 19.0 Å². The van der Waals surface area contributed by atoms with E-state index < -0.39 is 0 Å². The van der Waals surface area contributed by atoms with E-state index in [1.165, 1.54) is 6.07 Å². The van der Waals surface area contributed by atoms with Gasteiger partial charge >= 0.3 is 0 Å². The minimum atomic E-state index is -0.258. The molecule has 118 valence electrons. The van der Waals surface area contributed by atoms with Crippen molar-refractivity contribution in [2.75, 3.05) is 18.5 Å². The molecule has 2 aromatic carbocycles. The minimum absolute atomic E-state index is 0.0293. The van der Waals surface area contributed by atoms with Gasteiger partial charge in [-0.3, -0.25) is 9.59 Å². The monoisotopic (exact) mass is 351 g/mol. The summed E-state index contributed by atoms with van der Waals surface area (Å²) < 4.78 is 10.7. The van der Waals surface area contributed by atoms with Crippen molar-refractivity contribution >= 4 is 40.6 Å². The Kier molecular flexibility index (Phi) is 4.41. The predicted molar refractivity (Wildman–Crippen MR) is 86.9 cm³/mol. The molecule has 0 saturated heterocycles. The fraction of sp³-hybridized carbons (Fsp3) is 0.125. The number of anilines is 1. The van der Waals surface area contributed by atoms with Gasteiger partial charge in [-0.2, -0.15) is 0 Å². The van der Waals surface area contributed by atoms with E-state index in [4.69, 9.17) is 32.7 Å². The highest BCUT2D eigenvalue weighted by Crippen LogP contribution is 2.30. The maximum atomic E-state index is 12.2. The number of Topliss-reactive ketones (excluding diaryl/α,β-unsaturated/α-hetero) is 1. The summed E-state index contributed by atoms with van der Waals surface area (Å²) >= 11 is 11.8. The number of nitrogens with one attached hydrogen (secondary N) is 1. The Morgan fingerprint density at radius 1 is 1.22 bits per heavy atom. The zero-order chi connectivity index (χ0) is 16.4. The van der Waals surface area contributed by atoms with Crippen molar-refractivity contribution in [3.05, 3.63) is 52.0 Å². The highest BCUT2D eigenvalue weighted by Gasteiger charge is 2.18. The second-order valence-corrected chi connectivity index (χ2v) is 5.68. The van der Waals surface area contributed by atoms with Crippen LogP contribution in [-0.4, -0.2) is 24.9 Å². The van der Waals surface area contributed by atoms with Gasteiger partial charge in [-0.15, -0.1) is 0 Å². The molecule has 0 aliphatic carbocycles. The molecule has 0 bridgehead atoms. The highest BCUT2D eigenvalue weighted by molar-refractivity contribution is 6.35. The van der Waals surface area contributed by atoms with Gasteiger partial charge in [0.05, 0.1) is 10.7 Å². The molecule has 0 unspecified atom stereocenters. The average Bonchev–Trinajstić information content (AvgIpc) is 2.53. The Bertz CT molecular complexity index is 792. The summed E-state index contributed by atoms with van der Waals surface area (Å²) in [6.45, 7) is -0.215. The molecule has 0 atom stereocenters. The van der Waals surface area contributed by atoms with Gasteiger partial charge < -0.3 is 14.8 Å². The van der Waals surface area contributed by atoms with Crippen molar-refractivity contribution in [3.8, 4) is 11.5 Å². The lowest BCUT2D eigenvalue weighted by Crippen LogP contribution is -2.25. The number of amides is 1. The van der Waals surface area contributed by atoms with Crippen molar-refractivity contribution in [1.29, 1.82) is 0 Å². The first kappa shape index (κ1) is 15.6. The number of hydrogen-bond donors (Lipinski definition) is 1. The summed E-state index contributed by atoms with van der Waals surface area (Å²) in [6.07, 6.45) is 0. The quantitative estimate of drug-likeness (QED) is 0.855. The smallest absolute Gasteiger partial charge is 0.262 e. The summed E-state index contributed by atoms with van der Waals surface area (Å²) in [5, 5.41) is 3.47. The number of halogens is 2. The number of ether oxygens (including phenoxy) is 2. The van der Waals surface area contributed by atoms with Crippen LogP contribution in [0.15, 0.2) is 36.4 Å². The largest absolute Gasteiger partial charge is 0.484 e. The van der Waals surface area contributed by atoms with E-state index >= 15 is 0 Å². The molecule has 23 heavy (non-hydrogen) atoms. The van der Waals surface area contributed by atoms with Crippen molar-refractivity contribution < 1.29 is 19.1 Å². The summed E-state index contributed by atoms with van der Waals surface area (Å²) in [5.74, 6) is 0.395. The van der Waals surface area contributed by atoms with Crippen LogP contribution in [0.3, 0.4) is 0 Å². The maximum absolute atomic E-state index is 12.2. The van der Waals surface area contributed by atoms with Crippen LogP contribution in [0.2, 0.25) is 10.0 Å². The molecule has 1 N–H and O–H groups in total. The molecule has 0 spiro atoms. The van der Waals surface area contributed by atoms with E-state index in [0.29, 0.717) is 32.8 Å². The van der Waals surface area contributed by atoms with Crippen LogP contribution in [0.1, 0.15) is 10.4 Å². The molecule has 0 fully saturated rings. The van der Waals surface area contributed by atoms with Gasteiger partial charge in [-0.1, -0.05) is 23.2 Å². The van der Waals surface area contributed by atoms with Crippen LogP contribution in [0.25, 0.3) is 0 Å². The topological polar surface area (TPSA) is 64.6 Å². The molecule has 1 heterocycles. The van der Waals surface area contributed by atoms with Crippen LogP contribution in [0.5, 0.6) is 11.5 Å². The second kappa shape index (κ2) is 6.48. The molecule has 0 radical (unpaired) electrons. The lowest BCUT2D eigenvalue weighted by atomic mass is 10.1. The first-order valence-electron chi connectivity index (χ1n) is 6.70. The van der Waals surface area contributed by atoms with Gasteiger partial charge in [0, 0.05) is 10.6 Å². The van der Waals surface area contributed by atoms with Gasteiger partial charge in [0.2, 0.25) is 0 Å². The van der Waals surface area contributed by atoms with Crippen molar-refractivity contribution in [1.82, 2.24) is 0 Å². The third-order valence-electron chi connectivity index (χ3n) is 3.19. The Morgan fingerprint density at radius 2 is 2.04 bits per heavy atom. The highest BCUT2D eigenvalue weighted by atomic mass is 35.5. The normalized spacial score (nSPS) is 12.9. The van der Waals surface area contributed by atoms with E-state index in [2.05, 4.69) is 5.32 Å². The zero-order valence-corrected chi connectivity index (χ0v) is 13.3. The van der Waals surface area contributed by atoms with E-state index in [1.807, 2.05) is 0 Å². The van der Waals surface area contributed by atoms with Crippen LogP contribution in [0, 0.1) is 0 Å². The van der Waals surface area contributed by atoms with Crippen LogP contribution in [0.4, 0.5) is 5.69 Å². The fourth-order valence-corrected chi connectivity index (χ4v) is 2.54. The molecule has 1 aliphatic rings. The molecule has 1 amide bonds. The summed E-state index contributed by atoms with van der Waals surface area (Å²) in [5.41, 5.74) is 0.872. The third kappa shape index (κ3) is 3.57. The Hall–Kier alpha value is -2.24. The van der Waals surface area contributed by atoms with E-state index in [1.54, 1.807) is 30.3 Å². The molecular weight excluding hydrogens is 341 g/mol. The molecular formula is C16H11Cl2NO4. The van der Waals surface area contributed by atoms with Gasteiger partial charge in [-0.05, 0) is 36.4 Å². The summed E-state index contributed by atoms with van der Waals surface area (Å²) in [7, 11) is 0. The maximum Gasteiger partial charge on any atom is 0.262 e. The van der Waals surface area contributed by atoms with Gasteiger partial charge in [-0.25, -0.2) is 0 Å². The van der Waals surface area contributed by atoms with Crippen molar-refractivity contribution in [3.63, 3.8) is 0 Å². The number of hydrogen-bond acceptors (Lipinski definition) is 4. The van der Waals surface area contributed by atoms with Crippen molar-refractivity contribution in [2.45, 2.75) is 0 Å². The first-order valence-corrected chi connectivity index (χ1v) is 7.46. The standard InChI is InChI=1S/C16H11Cl2NO4/c17-10-2-4-14(11(18)6-10)22-7-13(20)9-1-3-15-12(5-9)19-16(21)8-23-15/h1-6H,7-8H2,(H,19,21). The summed E-state index contributed by atoms with van der Waals surface area (Å²) in [6, 6.07) is 9.57. The molecule has 0 saturated carbocycles. The average molecular weight is 352 g/mol. The van der Waals surface area contributed by atoms with Crippen LogP contribution < -0.4 is 14.8 Å². The SMILES string of the molecule is O=C1COc2ccc(C(=O)COc3ccc(Cl)cc3Cl)cc2N1. The lowest BCUT2D eigenvalue weighted by Gasteiger charge is -2.18. The number of benzene rings is 2. The molecule has 0 aromatic heterocycles. The Morgan fingerprint density at radius 3 is 2.83 bits per heavy atom. The molecule has 2 aromatic rings. The number of rotatable bonds is 4. The summed E-state index contributed by atoms with van der Waals surface area (Å²) in [4.78, 5) is 23.5. The van der Waals surface area contributed by atoms with Gasteiger partial charge in [0.1, 0.15) is 11.5 Å². The number of carbonyl (C=O) groups is 2. The minimum Gasteiger partial charge on any atom is -0.484 e. The second-order valence-electron chi connectivity index (χ2n) is 4.83. The molecule has 7 heteroatoms. The zero-order valence-electron chi connectivity index (χ0n) is 11.8. The Balaban J connectivity index is 1.71. The molecule has 5 nitrogen and oxygen atoms in total. The molecule has 1 aliphatic heterocycles. The number of carbonyl (C=O) groups excluding carboxylic acids is 2. The van der Waals surface area contributed by atoms with Crippen LogP contribution in [-0.2, 0) is 4.79 Å². The third-order valence-corrected chi connectivity index (χ3v) is 3.72. The number of ketones is 1.